The van der Waals surface area contributed by atoms with Gasteiger partial charge in [-0.3, -0.25) is 0 Å². The molecular weight excluding hydrogens is 409 g/mol. The molecule has 1 heterocycles. The number of rotatable bonds is 3. The van der Waals surface area contributed by atoms with E-state index in [0.717, 1.165) is 12.1 Å². The summed E-state index contributed by atoms with van der Waals surface area (Å²) in [6, 6.07) is 9.32. The first kappa shape index (κ1) is 19.2. The SMILES string of the molecule is Cc1cc(=O)oc2cc(-c3ccc(Cl)cc3)c(OS(=O)(=O)C(F)(F)F)cc12. The van der Waals surface area contributed by atoms with E-state index in [-0.39, 0.29) is 16.5 Å². The molecule has 142 valence electrons. The Hall–Kier alpha value is -2.52. The normalized spacial score (nSPS) is 12.3. The van der Waals surface area contributed by atoms with Gasteiger partial charge in [0.2, 0.25) is 0 Å². The van der Waals surface area contributed by atoms with Gasteiger partial charge in [-0.05, 0) is 42.3 Å². The van der Waals surface area contributed by atoms with Crippen LogP contribution in [0.5, 0.6) is 5.75 Å². The van der Waals surface area contributed by atoms with E-state index in [1.54, 1.807) is 0 Å². The molecule has 0 saturated heterocycles. The Bertz CT molecular complexity index is 1180. The fourth-order valence-corrected chi connectivity index (χ4v) is 3.03. The predicted octanol–water partition coefficient (Wildman–Crippen LogP) is 4.65. The van der Waals surface area contributed by atoms with Crippen molar-refractivity contribution < 1.29 is 30.2 Å². The molecule has 0 aliphatic rings. The standard InChI is InChI=1S/C17H10ClF3O5S/c1-9-6-16(22)25-14-8-13(10-2-4-11(18)5-3-10)15(7-12(9)14)26-27(23,24)17(19,20)21/h2-8H,1H3. The quantitative estimate of drug-likeness (QED) is 0.351. The van der Waals surface area contributed by atoms with Crippen molar-refractivity contribution in [2.24, 2.45) is 0 Å². The second-order valence-electron chi connectivity index (χ2n) is 5.58. The summed E-state index contributed by atoms with van der Waals surface area (Å²) in [5.41, 5.74) is -5.49. The van der Waals surface area contributed by atoms with Crippen LogP contribution >= 0.6 is 11.6 Å². The topological polar surface area (TPSA) is 73.6 Å². The maximum Gasteiger partial charge on any atom is 0.534 e. The predicted molar refractivity (Wildman–Crippen MR) is 93.3 cm³/mol. The zero-order valence-corrected chi connectivity index (χ0v) is 15.1. The molecule has 0 aliphatic carbocycles. The first-order valence-corrected chi connectivity index (χ1v) is 9.12. The van der Waals surface area contributed by atoms with Crippen LogP contribution in [0.2, 0.25) is 5.02 Å². The Balaban J connectivity index is 2.30. The van der Waals surface area contributed by atoms with Crippen LogP contribution in [0.15, 0.2) is 51.7 Å². The average Bonchev–Trinajstić information content (AvgIpc) is 2.54. The minimum atomic E-state index is -5.90. The van der Waals surface area contributed by atoms with Crippen LogP contribution in [0, 0.1) is 6.92 Å². The first-order chi connectivity index (χ1) is 12.5. The first-order valence-electron chi connectivity index (χ1n) is 7.33. The highest BCUT2D eigenvalue weighted by Gasteiger charge is 2.48. The molecule has 0 atom stereocenters. The highest BCUT2D eigenvalue weighted by Crippen LogP contribution is 2.38. The minimum absolute atomic E-state index is 0.0132. The van der Waals surface area contributed by atoms with Crippen LogP contribution in [0.3, 0.4) is 0 Å². The van der Waals surface area contributed by atoms with Gasteiger partial charge in [0.15, 0.2) is 5.75 Å². The van der Waals surface area contributed by atoms with Crippen molar-refractivity contribution in [3.05, 3.63) is 63.5 Å². The molecule has 0 aliphatic heterocycles. The number of halogens is 4. The summed E-state index contributed by atoms with van der Waals surface area (Å²) in [6.07, 6.45) is 0. The molecule has 0 amide bonds. The van der Waals surface area contributed by atoms with E-state index in [0.29, 0.717) is 16.1 Å². The highest BCUT2D eigenvalue weighted by molar-refractivity contribution is 7.88. The van der Waals surface area contributed by atoms with Gasteiger partial charge in [0.1, 0.15) is 5.58 Å². The molecule has 0 fully saturated rings. The van der Waals surface area contributed by atoms with Crippen LogP contribution in [-0.2, 0) is 10.1 Å². The average molecular weight is 419 g/mol. The highest BCUT2D eigenvalue weighted by atomic mass is 35.5. The molecule has 0 saturated carbocycles. The Morgan fingerprint density at radius 2 is 1.70 bits per heavy atom. The molecular formula is C17H10ClF3O5S. The van der Waals surface area contributed by atoms with Gasteiger partial charge in [-0.2, -0.15) is 21.6 Å². The lowest BCUT2D eigenvalue weighted by molar-refractivity contribution is -0.0499. The Morgan fingerprint density at radius 1 is 1.07 bits per heavy atom. The third-order valence-electron chi connectivity index (χ3n) is 3.69. The molecule has 0 radical (unpaired) electrons. The summed E-state index contributed by atoms with van der Waals surface area (Å²) >= 11 is 5.81. The lowest BCUT2D eigenvalue weighted by Gasteiger charge is -2.14. The van der Waals surface area contributed by atoms with E-state index in [4.69, 9.17) is 16.0 Å². The third-order valence-corrected chi connectivity index (χ3v) is 4.91. The van der Waals surface area contributed by atoms with Crippen LogP contribution < -0.4 is 9.81 Å². The van der Waals surface area contributed by atoms with Crippen molar-refractivity contribution in [1.82, 2.24) is 0 Å². The number of alkyl halides is 3. The summed E-state index contributed by atoms with van der Waals surface area (Å²) < 4.78 is 70.7. The van der Waals surface area contributed by atoms with Gasteiger partial charge in [0, 0.05) is 22.0 Å². The Morgan fingerprint density at radius 3 is 2.30 bits per heavy atom. The summed E-state index contributed by atoms with van der Waals surface area (Å²) in [7, 11) is -5.90. The largest absolute Gasteiger partial charge is 0.534 e. The zero-order valence-electron chi connectivity index (χ0n) is 13.5. The van der Waals surface area contributed by atoms with Gasteiger partial charge in [-0.1, -0.05) is 23.7 Å². The van der Waals surface area contributed by atoms with E-state index in [1.165, 1.54) is 37.3 Å². The fraction of sp³-hybridized carbons (Fsp3) is 0.118. The Labute approximate surface area is 156 Å². The van der Waals surface area contributed by atoms with Crippen molar-refractivity contribution >= 4 is 32.7 Å². The molecule has 2 aromatic carbocycles. The van der Waals surface area contributed by atoms with Gasteiger partial charge in [-0.15, -0.1) is 0 Å². The molecule has 0 spiro atoms. The van der Waals surface area contributed by atoms with Crippen LogP contribution in [0.4, 0.5) is 13.2 Å². The van der Waals surface area contributed by atoms with Crippen LogP contribution in [-0.4, -0.2) is 13.9 Å². The van der Waals surface area contributed by atoms with Crippen molar-refractivity contribution in [2.45, 2.75) is 12.4 Å². The van der Waals surface area contributed by atoms with Crippen molar-refractivity contribution in [1.29, 1.82) is 0 Å². The molecule has 10 heteroatoms. The van der Waals surface area contributed by atoms with E-state index < -0.39 is 27.0 Å². The van der Waals surface area contributed by atoms with Crippen molar-refractivity contribution in [3.8, 4) is 16.9 Å². The molecule has 0 N–H and O–H groups in total. The number of benzene rings is 2. The van der Waals surface area contributed by atoms with E-state index in [2.05, 4.69) is 4.18 Å². The summed E-state index contributed by atoms with van der Waals surface area (Å²) in [5.74, 6) is -0.556. The number of fused-ring (bicyclic) bond motifs is 1. The monoisotopic (exact) mass is 418 g/mol. The smallest absolute Gasteiger partial charge is 0.423 e. The number of hydrogen-bond acceptors (Lipinski definition) is 5. The summed E-state index contributed by atoms with van der Waals surface area (Å²) in [4.78, 5) is 11.6. The zero-order chi connectivity index (χ0) is 20.0. The van der Waals surface area contributed by atoms with E-state index in [9.17, 15) is 26.4 Å². The third kappa shape index (κ3) is 3.79. The molecule has 3 rings (SSSR count). The van der Waals surface area contributed by atoms with Gasteiger partial charge >= 0.3 is 21.3 Å². The van der Waals surface area contributed by atoms with Crippen molar-refractivity contribution in [3.63, 3.8) is 0 Å². The van der Waals surface area contributed by atoms with Crippen LogP contribution in [0.25, 0.3) is 22.1 Å². The molecule has 0 bridgehead atoms. The summed E-state index contributed by atoms with van der Waals surface area (Å²) in [6.45, 7) is 1.53. The van der Waals surface area contributed by atoms with Gasteiger partial charge in [0.25, 0.3) is 0 Å². The Kier molecular flexibility index (Phi) is 4.69. The number of aryl methyl sites for hydroxylation is 1. The molecule has 0 unspecified atom stereocenters. The van der Waals surface area contributed by atoms with E-state index in [1.807, 2.05) is 0 Å². The molecule has 1 aromatic heterocycles. The molecule has 5 nitrogen and oxygen atoms in total. The van der Waals surface area contributed by atoms with Crippen molar-refractivity contribution in [2.75, 3.05) is 0 Å². The van der Waals surface area contributed by atoms with Gasteiger partial charge in [-0.25, -0.2) is 4.79 Å². The second kappa shape index (κ2) is 6.58. The lowest BCUT2D eigenvalue weighted by Crippen LogP contribution is -2.28. The summed E-state index contributed by atoms with van der Waals surface area (Å²) in [5, 5.41) is 0.604. The fourth-order valence-electron chi connectivity index (χ4n) is 2.43. The molecule has 3 aromatic rings. The number of hydrogen-bond donors (Lipinski definition) is 0. The molecule has 27 heavy (non-hydrogen) atoms. The van der Waals surface area contributed by atoms with Gasteiger partial charge in [0.05, 0.1) is 0 Å². The van der Waals surface area contributed by atoms with Crippen LogP contribution in [0.1, 0.15) is 5.56 Å². The minimum Gasteiger partial charge on any atom is -0.423 e. The van der Waals surface area contributed by atoms with E-state index >= 15 is 0 Å². The maximum absolute atomic E-state index is 12.8. The van der Waals surface area contributed by atoms with Gasteiger partial charge < -0.3 is 8.60 Å². The second-order valence-corrected chi connectivity index (χ2v) is 7.56. The lowest BCUT2D eigenvalue weighted by atomic mass is 10.0. The maximum atomic E-state index is 12.8.